The van der Waals surface area contributed by atoms with Crippen LogP contribution in [0.1, 0.15) is 18.4 Å². The Balaban J connectivity index is 1.59. The number of H-pyrrole nitrogens is 1. The minimum absolute atomic E-state index is 0.223. The number of amides is 1. The lowest BCUT2D eigenvalue weighted by atomic mass is 10.1. The van der Waals surface area contributed by atoms with Crippen molar-refractivity contribution in [3.8, 4) is 0 Å². The molecule has 2 aromatic rings. The normalized spacial score (nSPS) is 19.5. The minimum atomic E-state index is 0.223. The van der Waals surface area contributed by atoms with E-state index in [0.717, 1.165) is 25.9 Å². The highest BCUT2D eigenvalue weighted by Gasteiger charge is 2.26. The van der Waals surface area contributed by atoms with Crippen molar-refractivity contribution in [3.63, 3.8) is 0 Å². The first kappa shape index (κ1) is 12.6. The molecule has 1 atom stereocenters. The van der Waals surface area contributed by atoms with E-state index in [1.54, 1.807) is 0 Å². The van der Waals surface area contributed by atoms with E-state index in [-0.39, 0.29) is 11.2 Å². The van der Waals surface area contributed by atoms with Gasteiger partial charge in [-0.1, -0.05) is 18.2 Å². The van der Waals surface area contributed by atoms with Crippen molar-refractivity contribution in [1.29, 1.82) is 0 Å². The number of aromatic amines is 1. The molecule has 0 bridgehead atoms. The molecule has 4 heteroatoms. The standard InChI is InChI=1S/C15H18N2OS/c18-15-8-12(19)10-17(15)7-3-4-11-9-16-14-6-2-1-5-13(11)14/h1-2,5-6,9,12,16,19H,3-4,7-8,10H2. The lowest BCUT2D eigenvalue weighted by Crippen LogP contribution is -2.26. The molecule has 1 N–H and O–H groups in total. The van der Waals surface area contributed by atoms with Crippen LogP contribution in [-0.2, 0) is 11.2 Å². The quantitative estimate of drug-likeness (QED) is 0.826. The Labute approximate surface area is 118 Å². The Kier molecular flexibility index (Phi) is 3.51. The topological polar surface area (TPSA) is 36.1 Å². The molecule has 3 rings (SSSR count). The van der Waals surface area contributed by atoms with Crippen LogP contribution in [0, 0.1) is 0 Å². The van der Waals surface area contributed by atoms with Gasteiger partial charge in [-0.15, -0.1) is 0 Å². The summed E-state index contributed by atoms with van der Waals surface area (Å²) in [6.45, 7) is 1.64. The van der Waals surface area contributed by atoms with Gasteiger partial charge in [0.25, 0.3) is 0 Å². The number of thiol groups is 1. The molecule has 19 heavy (non-hydrogen) atoms. The molecule has 1 fully saturated rings. The Morgan fingerprint density at radius 3 is 3.00 bits per heavy atom. The third-order valence-electron chi connectivity index (χ3n) is 3.74. The molecule has 1 aromatic heterocycles. The number of hydrogen-bond donors (Lipinski definition) is 2. The molecule has 0 radical (unpaired) electrons. The predicted molar refractivity (Wildman–Crippen MR) is 80.6 cm³/mol. The van der Waals surface area contributed by atoms with Gasteiger partial charge in [0.05, 0.1) is 0 Å². The summed E-state index contributed by atoms with van der Waals surface area (Å²) in [5, 5.41) is 1.52. The fraction of sp³-hybridized carbons (Fsp3) is 0.400. The van der Waals surface area contributed by atoms with Crippen LogP contribution in [0.15, 0.2) is 30.5 Å². The summed E-state index contributed by atoms with van der Waals surface area (Å²) in [4.78, 5) is 16.9. The highest BCUT2D eigenvalue weighted by atomic mass is 32.1. The van der Waals surface area contributed by atoms with Gasteiger partial charge in [0, 0.05) is 41.9 Å². The second kappa shape index (κ2) is 5.29. The second-order valence-electron chi connectivity index (χ2n) is 5.16. The Hall–Kier alpha value is -1.42. The Morgan fingerprint density at radius 2 is 2.21 bits per heavy atom. The van der Waals surface area contributed by atoms with Crippen LogP contribution in [0.4, 0.5) is 0 Å². The average Bonchev–Trinajstić information content (AvgIpc) is 2.94. The van der Waals surface area contributed by atoms with E-state index in [0.29, 0.717) is 6.42 Å². The van der Waals surface area contributed by atoms with Crippen molar-refractivity contribution in [2.45, 2.75) is 24.5 Å². The van der Waals surface area contributed by atoms with E-state index < -0.39 is 0 Å². The molecular weight excluding hydrogens is 256 g/mol. The van der Waals surface area contributed by atoms with E-state index in [4.69, 9.17) is 0 Å². The van der Waals surface area contributed by atoms with E-state index >= 15 is 0 Å². The summed E-state index contributed by atoms with van der Waals surface area (Å²) in [5.41, 5.74) is 2.52. The third-order valence-corrected chi connectivity index (χ3v) is 4.09. The van der Waals surface area contributed by atoms with Gasteiger partial charge < -0.3 is 9.88 Å². The zero-order valence-corrected chi connectivity index (χ0v) is 11.7. The minimum Gasteiger partial charge on any atom is -0.361 e. The number of fused-ring (bicyclic) bond motifs is 1. The van der Waals surface area contributed by atoms with Crippen LogP contribution >= 0.6 is 12.6 Å². The number of aromatic nitrogens is 1. The maximum Gasteiger partial charge on any atom is 0.223 e. The zero-order valence-electron chi connectivity index (χ0n) is 10.8. The lowest BCUT2D eigenvalue weighted by molar-refractivity contribution is -0.127. The van der Waals surface area contributed by atoms with E-state index in [2.05, 4.69) is 42.0 Å². The number of nitrogens with zero attached hydrogens (tertiary/aromatic N) is 1. The van der Waals surface area contributed by atoms with Gasteiger partial charge in [-0.3, -0.25) is 4.79 Å². The maximum atomic E-state index is 11.7. The average molecular weight is 274 g/mol. The maximum absolute atomic E-state index is 11.7. The molecule has 2 heterocycles. The molecule has 1 aliphatic heterocycles. The molecule has 100 valence electrons. The van der Waals surface area contributed by atoms with Gasteiger partial charge in [-0.05, 0) is 24.5 Å². The van der Waals surface area contributed by atoms with Crippen LogP contribution in [-0.4, -0.2) is 34.1 Å². The third kappa shape index (κ3) is 2.63. The van der Waals surface area contributed by atoms with Crippen molar-refractivity contribution in [2.24, 2.45) is 0 Å². The number of para-hydroxylation sites is 1. The number of benzene rings is 1. The SMILES string of the molecule is O=C1CC(S)CN1CCCc1c[nH]c2ccccc12. The molecule has 1 amide bonds. The summed E-state index contributed by atoms with van der Waals surface area (Å²) in [6, 6.07) is 8.34. The lowest BCUT2D eigenvalue weighted by Gasteiger charge is -2.15. The second-order valence-corrected chi connectivity index (χ2v) is 5.89. The number of nitrogens with one attached hydrogen (secondary N) is 1. The summed E-state index contributed by atoms with van der Waals surface area (Å²) >= 11 is 4.37. The predicted octanol–water partition coefficient (Wildman–Crippen LogP) is 2.63. The molecular formula is C15H18N2OS. The first-order chi connectivity index (χ1) is 9.24. The number of aryl methyl sites for hydroxylation is 1. The van der Waals surface area contributed by atoms with Gasteiger partial charge in [0.1, 0.15) is 0 Å². The molecule has 1 saturated heterocycles. The summed E-state index contributed by atoms with van der Waals surface area (Å²) in [6.07, 6.45) is 4.69. The van der Waals surface area contributed by atoms with Crippen LogP contribution in [0.5, 0.6) is 0 Å². The van der Waals surface area contributed by atoms with Gasteiger partial charge in [-0.2, -0.15) is 12.6 Å². The van der Waals surface area contributed by atoms with E-state index in [1.165, 1.54) is 16.5 Å². The van der Waals surface area contributed by atoms with Crippen LogP contribution < -0.4 is 0 Å². The van der Waals surface area contributed by atoms with Crippen LogP contribution in [0.3, 0.4) is 0 Å². The molecule has 1 aromatic carbocycles. The summed E-state index contributed by atoms with van der Waals surface area (Å²) < 4.78 is 0. The molecule has 3 nitrogen and oxygen atoms in total. The number of rotatable bonds is 4. The number of likely N-dealkylation sites (tertiary alicyclic amines) is 1. The van der Waals surface area contributed by atoms with E-state index in [1.807, 2.05) is 11.0 Å². The van der Waals surface area contributed by atoms with E-state index in [9.17, 15) is 4.79 Å². The number of hydrogen-bond acceptors (Lipinski definition) is 2. The van der Waals surface area contributed by atoms with Gasteiger partial charge in [-0.25, -0.2) is 0 Å². The summed E-state index contributed by atoms with van der Waals surface area (Å²) in [5.74, 6) is 0.249. The van der Waals surface area contributed by atoms with Gasteiger partial charge in [0.15, 0.2) is 0 Å². The summed E-state index contributed by atoms with van der Waals surface area (Å²) in [7, 11) is 0. The smallest absolute Gasteiger partial charge is 0.223 e. The van der Waals surface area contributed by atoms with Crippen molar-refractivity contribution in [2.75, 3.05) is 13.1 Å². The Morgan fingerprint density at radius 1 is 1.37 bits per heavy atom. The number of carbonyl (C=O) groups is 1. The highest BCUT2D eigenvalue weighted by Crippen LogP contribution is 2.20. The number of carbonyl (C=O) groups excluding carboxylic acids is 1. The first-order valence-electron chi connectivity index (χ1n) is 6.75. The molecule has 1 aliphatic rings. The van der Waals surface area contributed by atoms with Crippen molar-refractivity contribution in [1.82, 2.24) is 9.88 Å². The fourth-order valence-electron chi connectivity index (χ4n) is 2.77. The first-order valence-corrected chi connectivity index (χ1v) is 7.26. The highest BCUT2D eigenvalue weighted by molar-refractivity contribution is 7.81. The molecule has 0 aliphatic carbocycles. The van der Waals surface area contributed by atoms with Gasteiger partial charge in [0.2, 0.25) is 5.91 Å². The molecule has 1 unspecified atom stereocenters. The molecule has 0 spiro atoms. The largest absolute Gasteiger partial charge is 0.361 e. The van der Waals surface area contributed by atoms with Crippen LogP contribution in [0.2, 0.25) is 0 Å². The van der Waals surface area contributed by atoms with Crippen molar-refractivity contribution in [3.05, 3.63) is 36.0 Å². The monoisotopic (exact) mass is 274 g/mol. The van der Waals surface area contributed by atoms with Crippen LogP contribution in [0.25, 0.3) is 10.9 Å². The van der Waals surface area contributed by atoms with Crippen molar-refractivity contribution >= 4 is 29.4 Å². The fourth-order valence-corrected chi connectivity index (χ4v) is 3.12. The molecule has 0 saturated carbocycles. The Bertz CT molecular complexity index is 593. The van der Waals surface area contributed by atoms with Crippen molar-refractivity contribution < 1.29 is 4.79 Å². The zero-order chi connectivity index (χ0) is 13.2. The van der Waals surface area contributed by atoms with Gasteiger partial charge >= 0.3 is 0 Å².